The second-order valence-electron chi connectivity index (χ2n) is 5.08. The highest BCUT2D eigenvalue weighted by Gasteiger charge is 2.18. The number of piperidine rings is 1. The molecule has 1 unspecified atom stereocenters. The Balaban J connectivity index is 1.71. The maximum atomic E-state index is 4.30. The van der Waals surface area contributed by atoms with Gasteiger partial charge in [0.2, 0.25) is 0 Å². The van der Waals surface area contributed by atoms with Crippen LogP contribution in [-0.2, 0) is 0 Å². The highest BCUT2D eigenvalue weighted by molar-refractivity contribution is 5.49. The Morgan fingerprint density at radius 2 is 2.33 bits per heavy atom. The molecule has 1 aliphatic rings. The molecule has 0 saturated carbocycles. The molecule has 4 heteroatoms. The van der Waals surface area contributed by atoms with Crippen LogP contribution in [0.15, 0.2) is 30.6 Å². The summed E-state index contributed by atoms with van der Waals surface area (Å²) in [6, 6.07) is 6.84. The van der Waals surface area contributed by atoms with E-state index in [0.29, 0.717) is 6.04 Å². The number of likely N-dealkylation sites (N-methyl/N-ethyl adjacent to an activating group) is 1. The largest absolute Gasteiger partial charge is 0.370 e. The number of pyridine rings is 1. The van der Waals surface area contributed by atoms with Crippen LogP contribution in [0.5, 0.6) is 0 Å². The topological polar surface area (TPSA) is 32.6 Å². The second-order valence-corrected chi connectivity index (χ2v) is 5.08. The lowest BCUT2D eigenvalue weighted by Gasteiger charge is -2.32. The van der Waals surface area contributed by atoms with Gasteiger partial charge in [0.1, 0.15) is 11.5 Å². The molecule has 3 rings (SSSR count). The van der Waals surface area contributed by atoms with Gasteiger partial charge < -0.3 is 10.2 Å². The van der Waals surface area contributed by atoms with Crippen molar-refractivity contribution in [2.75, 3.05) is 25.5 Å². The van der Waals surface area contributed by atoms with Crippen molar-refractivity contribution in [2.24, 2.45) is 0 Å². The van der Waals surface area contributed by atoms with Crippen LogP contribution in [0, 0.1) is 0 Å². The molecule has 1 N–H and O–H groups in total. The standard InChI is InChI=1S/C14H20N4/c1-17-9-3-2-5-12(17)11-16-14-7-4-6-13-15-8-10-18(13)14/h4,6-8,10,12,16H,2-3,5,9,11H2,1H3. The minimum Gasteiger partial charge on any atom is -0.370 e. The fourth-order valence-corrected chi connectivity index (χ4v) is 2.72. The normalized spacial score (nSPS) is 21.3. The van der Waals surface area contributed by atoms with Crippen LogP contribution in [0.25, 0.3) is 5.65 Å². The third-order valence-electron chi connectivity index (χ3n) is 3.87. The van der Waals surface area contributed by atoms with Gasteiger partial charge >= 0.3 is 0 Å². The first-order valence-electron chi connectivity index (χ1n) is 6.71. The zero-order chi connectivity index (χ0) is 12.4. The van der Waals surface area contributed by atoms with Gasteiger partial charge in [-0.15, -0.1) is 0 Å². The fourth-order valence-electron chi connectivity index (χ4n) is 2.72. The first-order chi connectivity index (χ1) is 8.84. The van der Waals surface area contributed by atoms with Gasteiger partial charge in [-0.3, -0.25) is 4.40 Å². The average Bonchev–Trinajstić information content (AvgIpc) is 2.86. The van der Waals surface area contributed by atoms with Gasteiger partial charge in [-0.2, -0.15) is 0 Å². The molecule has 1 saturated heterocycles. The molecule has 4 nitrogen and oxygen atoms in total. The first-order valence-corrected chi connectivity index (χ1v) is 6.71. The summed E-state index contributed by atoms with van der Waals surface area (Å²) in [7, 11) is 2.23. The predicted octanol–water partition coefficient (Wildman–Crippen LogP) is 2.23. The van der Waals surface area contributed by atoms with Crippen LogP contribution in [-0.4, -0.2) is 40.5 Å². The van der Waals surface area contributed by atoms with E-state index >= 15 is 0 Å². The number of hydrogen-bond donors (Lipinski definition) is 1. The third kappa shape index (κ3) is 2.20. The lowest BCUT2D eigenvalue weighted by Crippen LogP contribution is -2.40. The van der Waals surface area contributed by atoms with Crippen molar-refractivity contribution in [3.8, 4) is 0 Å². The van der Waals surface area contributed by atoms with E-state index in [9.17, 15) is 0 Å². The Morgan fingerprint density at radius 1 is 1.39 bits per heavy atom. The molecule has 0 aliphatic carbocycles. The van der Waals surface area contributed by atoms with Crippen molar-refractivity contribution < 1.29 is 0 Å². The van der Waals surface area contributed by atoms with E-state index in [4.69, 9.17) is 0 Å². The van der Waals surface area contributed by atoms with Gasteiger partial charge in [0.25, 0.3) is 0 Å². The number of imidazole rings is 1. The fraction of sp³-hybridized carbons (Fsp3) is 0.500. The molecule has 0 amide bonds. The van der Waals surface area contributed by atoms with Gasteiger partial charge in [0.05, 0.1) is 0 Å². The van der Waals surface area contributed by atoms with Crippen molar-refractivity contribution in [1.82, 2.24) is 14.3 Å². The van der Waals surface area contributed by atoms with E-state index in [2.05, 4.69) is 38.8 Å². The first kappa shape index (κ1) is 11.5. The number of rotatable bonds is 3. The van der Waals surface area contributed by atoms with E-state index in [0.717, 1.165) is 18.0 Å². The van der Waals surface area contributed by atoms with Crippen LogP contribution >= 0.6 is 0 Å². The molecular formula is C14H20N4. The predicted molar refractivity (Wildman–Crippen MR) is 74.0 cm³/mol. The molecule has 2 aromatic heterocycles. The number of nitrogens with zero attached hydrogens (tertiary/aromatic N) is 3. The monoisotopic (exact) mass is 244 g/mol. The molecule has 3 heterocycles. The molecule has 0 aromatic carbocycles. The van der Waals surface area contributed by atoms with Gasteiger partial charge in [0, 0.05) is 25.0 Å². The molecule has 0 spiro atoms. The maximum absolute atomic E-state index is 4.30. The van der Waals surface area contributed by atoms with Crippen molar-refractivity contribution in [1.29, 1.82) is 0 Å². The summed E-state index contributed by atoms with van der Waals surface area (Å²) in [6.07, 6.45) is 7.83. The summed E-state index contributed by atoms with van der Waals surface area (Å²) in [5, 5.41) is 3.56. The lowest BCUT2D eigenvalue weighted by molar-refractivity contribution is 0.194. The molecule has 0 radical (unpaired) electrons. The van der Waals surface area contributed by atoms with Crippen molar-refractivity contribution in [3.63, 3.8) is 0 Å². The van der Waals surface area contributed by atoms with Crippen LogP contribution in [0.3, 0.4) is 0 Å². The number of anilines is 1. The number of fused-ring (bicyclic) bond motifs is 1. The van der Waals surface area contributed by atoms with E-state index in [-0.39, 0.29) is 0 Å². The quantitative estimate of drug-likeness (QED) is 0.898. The molecule has 18 heavy (non-hydrogen) atoms. The smallest absolute Gasteiger partial charge is 0.138 e. The van der Waals surface area contributed by atoms with E-state index in [1.807, 2.05) is 18.5 Å². The van der Waals surface area contributed by atoms with Crippen molar-refractivity contribution >= 4 is 11.5 Å². The highest BCUT2D eigenvalue weighted by Crippen LogP contribution is 2.16. The van der Waals surface area contributed by atoms with E-state index < -0.39 is 0 Å². The number of aromatic nitrogens is 2. The Labute approximate surface area is 108 Å². The summed E-state index contributed by atoms with van der Waals surface area (Å²) >= 11 is 0. The lowest BCUT2D eigenvalue weighted by atomic mass is 10.0. The second kappa shape index (κ2) is 4.98. The molecule has 1 aliphatic heterocycles. The number of likely N-dealkylation sites (tertiary alicyclic amines) is 1. The summed E-state index contributed by atoms with van der Waals surface area (Å²) in [4.78, 5) is 6.76. The van der Waals surface area contributed by atoms with Crippen LogP contribution in [0.2, 0.25) is 0 Å². The zero-order valence-corrected chi connectivity index (χ0v) is 10.8. The SMILES string of the molecule is CN1CCCCC1CNc1cccc2nccn12. The minimum absolute atomic E-state index is 0.650. The Hall–Kier alpha value is -1.55. The summed E-state index contributed by atoms with van der Waals surface area (Å²) in [5.74, 6) is 1.13. The molecule has 1 atom stereocenters. The Morgan fingerprint density at radius 3 is 3.22 bits per heavy atom. The molecule has 2 aromatic rings. The van der Waals surface area contributed by atoms with Gasteiger partial charge in [0.15, 0.2) is 0 Å². The van der Waals surface area contributed by atoms with Gasteiger partial charge in [-0.1, -0.05) is 12.5 Å². The number of nitrogens with one attached hydrogen (secondary N) is 1. The zero-order valence-electron chi connectivity index (χ0n) is 10.8. The van der Waals surface area contributed by atoms with E-state index in [1.165, 1.54) is 25.8 Å². The van der Waals surface area contributed by atoms with Crippen LogP contribution in [0.4, 0.5) is 5.82 Å². The maximum Gasteiger partial charge on any atom is 0.138 e. The minimum atomic E-state index is 0.650. The van der Waals surface area contributed by atoms with Crippen LogP contribution in [0.1, 0.15) is 19.3 Å². The Bertz CT molecular complexity index is 519. The third-order valence-corrected chi connectivity index (χ3v) is 3.87. The highest BCUT2D eigenvalue weighted by atomic mass is 15.2. The molecular weight excluding hydrogens is 224 g/mol. The Kier molecular flexibility index (Phi) is 3.19. The van der Waals surface area contributed by atoms with Gasteiger partial charge in [-0.25, -0.2) is 4.98 Å². The molecule has 96 valence electrons. The number of hydrogen-bond acceptors (Lipinski definition) is 3. The summed E-state index contributed by atoms with van der Waals surface area (Å²) in [6.45, 7) is 2.23. The average molecular weight is 244 g/mol. The molecule has 1 fully saturated rings. The summed E-state index contributed by atoms with van der Waals surface area (Å²) < 4.78 is 2.10. The molecule has 0 bridgehead atoms. The van der Waals surface area contributed by atoms with Crippen molar-refractivity contribution in [3.05, 3.63) is 30.6 Å². The summed E-state index contributed by atoms with van der Waals surface area (Å²) in [5.41, 5.74) is 0.997. The van der Waals surface area contributed by atoms with Crippen LogP contribution < -0.4 is 5.32 Å². The van der Waals surface area contributed by atoms with Gasteiger partial charge in [-0.05, 0) is 38.6 Å². The van der Waals surface area contributed by atoms with E-state index in [1.54, 1.807) is 0 Å². The van der Waals surface area contributed by atoms with Crippen molar-refractivity contribution in [2.45, 2.75) is 25.3 Å².